The number of amides is 1. The summed E-state index contributed by atoms with van der Waals surface area (Å²) in [5, 5.41) is 0. The third kappa shape index (κ3) is 5.21. The van der Waals surface area contributed by atoms with Gasteiger partial charge in [-0.1, -0.05) is 48.5 Å². The van der Waals surface area contributed by atoms with Crippen molar-refractivity contribution in [2.75, 3.05) is 19.7 Å². The summed E-state index contributed by atoms with van der Waals surface area (Å²) >= 11 is 0. The minimum atomic E-state index is -3.78. The van der Waals surface area contributed by atoms with Crippen LogP contribution < -0.4 is 4.72 Å². The minimum Gasteiger partial charge on any atom is -0.370 e. The molecule has 4 rings (SSSR count). The Bertz CT molecular complexity index is 1180. The highest BCUT2D eigenvalue weighted by atomic mass is 32.2. The van der Waals surface area contributed by atoms with Crippen LogP contribution in [0, 0.1) is 5.82 Å². The van der Waals surface area contributed by atoms with Crippen molar-refractivity contribution in [2.45, 2.75) is 17.5 Å². The fourth-order valence-corrected chi connectivity index (χ4v) is 4.61. The second-order valence-corrected chi connectivity index (χ2v) is 9.27. The Kier molecular flexibility index (Phi) is 6.64. The van der Waals surface area contributed by atoms with Gasteiger partial charge in [0.2, 0.25) is 10.0 Å². The molecule has 0 aromatic heterocycles. The number of carbonyl (C=O) groups is 1. The summed E-state index contributed by atoms with van der Waals surface area (Å²) in [6.45, 7) is 1.18. The zero-order valence-corrected chi connectivity index (χ0v) is 18.1. The fraction of sp³-hybridized carbons (Fsp3) is 0.208. The van der Waals surface area contributed by atoms with Crippen LogP contribution in [0.1, 0.15) is 27.6 Å². The molecule has 1 saturated heterocycles. The van der Waals surface area contributed by atoms with Crippen LogP contribution in [0.4, 0.5) is 4.39 Å². The number of nitrogens with zero attached hydrogens (tertiary/aromatic N) is 1. The van der Waals surface area contributed by atoms with Gasteiger partial charge < -0.3 is 9.64 Å². The summed E-state index contributed by atoms with van der Waals surface area (Å²) in [5.74, 6) is -0.614. The molecule has 1 heterocycles. The maximum Gasteiger partial charge on any atom is 0.254 e. The number of benzene rings is 3. The van der Waals surface area contributed by atoms with Gasteiger partial charge in [0.05, 0.1) is 18.0 Å². The van der Waals surface area contributed by atoms with E-state index in [-0.39, 0.29) is 34.8 Å². The Labute approximate surface area is 186 Å². The van der Waals surface area contributed by atoms with Crippen molar-refractivity contribution in [3.8, 4) is 0 Å². The first-order valence-corrected chi connectivity index (χ1v) is 11.7. The molecule has 0 saturated carbocycles. The molecule has 0 aliphatic carbocycles. The molecule has 3 aromatic rings. The van der Waals surface area contributed by atoms with Crippen LogP contribution in [0.2, 0.25) is 0 Å². The molecule has 0 unspecified atom stereocenters. The molecule has 6 nitrogen and oxygen atoms in total. The highest BCUT2D eigenvalue weighted by Gasteiger charge is 2.27. The number of hydrogen-bond acceptors (Lipinski definition) is 4. The van der Waals surface area contributed by atoms with Crippen LogP contribution >= 0.6 is 0 Å². The molecule has 0 spiro atoms. The number of ether oxygens (including phenoxy) is 1. The van der Waals surface area contributed by atoms with Gasteiger partial charge in [-0.15, -0.1) is 0 Å². The average Bonchev–Trinajstić information content (AvgIpc) is 2.84. The van der Waals surface area contributed by atoms with Gasteiger partial charge in [-0.05, 0) is 41.5 Å². The van der Waals surface area contributed by atoms with Crippen LogP contribution in [0.25, 0.3) is 0 Å². The van der Waals surface area contributed by atoms with E-state index in [4.69, 9.17) is 4.74 Å². The molecule has 8 heteroatoms. The fourth-order valence-electron chi connectivity index (χ4n) is 3.55. The largest absolute Gasteiger partial charge is 0.370 e. The van der Waals surface area contributed by atoms with Crippen molar-refractivity contribution in [3.05, 3.63) is 101 Å². The van der Waals surface area contributed by atoms with E-state index >= 15 is 0 Å². The predicted molar refractivity (Wildman–Crippen MR) is 118 cm³/mol. The van der Waals surface area contributed by atoms with Gasteiger partial charge in [0, 0.05) is 18.7 Å². The predicted octanol–water partition coefficient (Wildman–Crippen LogP) is 3.52. The van der Waals surface area contributed by atoms with Gasteiger partial charge in [-0.3, -0.25) is 4.79 Å². The maximum absolute atomic E-state index is 13.2. The second kappa shape index (κ2) is 9.60. The number of sulfonamides is 1. The zero-order valence-electron chi connectivity index (χ0n) is 17.3. The molecule has 1 aliphatic rings. The highest BCUT2D eigenvalue weighted by molar-refractivity contribution is 7.89. The first-order valence-electron chi connectivity index (χ1n) is 10.2. The van der Waals surface area contributed by atoms with Crippen molar-refractivity contribution in [3.63, 3.8) is 0 Å². The molecule has 1 N–H and O–H groups in total. The first kappa shape index (κ1) is 22.1. The van der Waals surface area contributed by atoms with Crippen LogP contribution in [0.15, 0.2) is 83.8 Å². The molecule has 0 bridgehead atoms. The Morgan fingerprint density at radius 3 is 2.53 bits per heavy atom. The number of halogens is 1. The van der Waals surface area contributed by atoms with E-state index in [0.29, 0.717) is 19.7 Å². The molecule has 1 amide bonds. The maximum atomic E-state index is 13.2. The van der Waals surface area contributed by atoms with Gasteiger partial charge >= 0.3 is 0 Å². The number of morpholine rings is 1. The molecule has 1 aliphatic heterocycles. The summed E-state index contributed by atoms with van der Waals surface area (Å²) < 4.78 is 47.0. The summed E-state index contributed by atoms with van der Waals surface area (Å²) in [7, 11) is -3.78. The number of nitrogens with one attached hydrogen (secondary N) is 1. The third-order valence-electron chi connectivity index (χ3n) is 5.30. The number of carbonyl (C=O) groups excluding carboxylic acids is 1. The van der Waals surface area contributed by atoms with E-state index in [1.165, 1.54) is 24.3 Å². The Morgan fingerprint density at radius 2 is 1.78 bits per heavy atom. The molecular formula is C24H23FN2O4S. The molecule has 1 fully saturated rings. The molecule has 1 atom stereocenters. The molecule has 166 valence electrons. The average molecular weight is 455 g/mol. The summed E-state index contributed by atoms with van der Waals surface area (Å²) in [4.78, 5) is 14.7. The van der Waals surface area contributed by atoms with E-state index in [2.05, 4.69) is 4.72 Å². The van der Waals surface area contributed by atoms with Crippen LogP contribution in [-0.4, -0.2) is 38.9 Å². The first-order chi connectivity index (χ1) is 15.4. The van der Waals surface area contributed by atoms with E-state index in [1.54, 1.807) is 29.2 Å². The lowest BCUT2D eigenvalue weighted by Crippen LogP contribution is -2.42. The topological polar surface area (TPSA) is 75.7 Å². The van der Waals surface area contributed by atoms with Gasteiger partial charge in [-0.25, -0.2) is 17.5 Å². The van der Waals surface area contributed by atoms with Gasteiger partial charge in [-0.2, -0.15) is 0 Å². The van der Waals surface area contributed by atoms with E-state index in [9.17, 15) is 17.6 Å². The summed E-state index contributed by atoms with van der Waals surface area (Å²) in [6, 6.07) is 21.2. The van der Waals surface area contributed by atoms with Crippen molar-refractivity contribution >= 4 is 15.9 Å². The van der Waals surface area contributed by atoms with E-state index in [1.807, 2.05) is 30.3 Å². The molecule has 32 heavy (non-hydrogen) atoms. The molecule has 0 radical (unpaired) electrons. The van der Waals surface area contributed by atoms with Gasteiger partial charge in [0.15, 0.2) is 0 Å². The van der Waals surface area contributed by atoms with E-state index in [0.717, 1.165) is 11.1 Å². The number of hydrogen-bond donors (Lipinski definition) is 1. The summed E-state index contributed by atoms with van der Waals surface area (Å²) in [6.07, 6.45) is -0.368. The molecule has 3 aromatic carbocycles. The smallest absolute Gasteiger partial charge is 0.254 e. The highest BCUT2D eigenvalue weighted by Crippen LogP contribution is 2.24. The van der Waals surface area contributed by atoms with Crippen molar-refractivity contribution < 1.29 is 22.3 Å². The lowest BCUT2D eigenvalue weighted by molar-refractivity contribution is -0.0228. The summed E-state index contributed by atoms with van der Waals surface area (Å²) in [5.41, 5.74) is 1.90. The second-order valence-electron chi connectivity index (χ2n) is 7.50. The van der Waals surface area contributed by atoms with Crippen molar-refractivity contribution in [2.24, 2.45) is 0 Å². The van der Waals surface area contributed by atoms with Crippen molar-refractivity contribution in [1.29, 1.82) is 0 Å². The molecular weight excluding hydrogens is 431 g/mol. The lowest BCUT2D eigenvalue weighted by atomic mass is 10.1. The van der Waals surface area contributed by atoms with Crippen LogP contribution in [0.5, 0.6) is 0 Å². The van der Waals surface area contributed by atoms with E-state index < -0.39 is 10.0 Å². The van der Waals surface area contributed by atoms with Crippen molar-refractivity contribution in [1.82, 2.24) is 9.62 Å². The Balaban J connectivity index is 1.47. The Morgan fingerprint density at radius 1 is 1.03 bits per heavy atom. The van der Waals surface area contributed by atoms with Crippen LogP contribution in [0.3, 0.4) is 0 Å². The lowest BCUT2D eigenvalue weighted by Gasteiger charge is -2.33. The minimum absolute atomic E-state index is 0.0302. The SMILES string of the molecule is O=C(c1cccc(S(=O)(=O)NCc2ccccc2)c1)N1CCO[C@H](c2ccc(F)cc2)C1. The van der Waals surface area contributed by atoms with Crippen LogP contribution in [-0.2, 0) is 21.3 Å². The standard InChI is InChI=1S/C24H23FN2O4S/c25-21-11-9-19(10-12-21)23-17-27(13-14-31-23)24(28)20-7-4-8-22(15-20)32(29,30)26-16-18-5-2-1-3-6-18/h1-12,15,23,26H,13-14,16-17H2/t23-/m0/s1. The quantitative estimate of drug-likeness (QED) is 0.619. The third-order valence-corrected chi connectivity index (χ3v) is 6.69. The van der Waals surface area contributed by atoms with Gasteiger partial charge in [0.1, 0.15) is 11.9 Å². The monoisotopic (exact) mass is 454 g/mol. The zero-order chi connectivity index (χ0) is 22.6. The van der Waals surface area contributed by atoms with Gasteiger partial charge in [0.25, 0.3) is 5.91 Å². The number of rotatable bonds is 6. The normalized spacial score (nSPS) is 16.7. The Hall–Kier alpha value is -3.07.